The highest BCUT2D eigenvalue weighted by atomic mass is 15.2. The minimum absolute atomic E-state index is 0.477. The first-order valence-electron chi connectivity index (χ1n) is 4.89. The van der Waals surface area contributed by atoms with Gasteiger partial charge in [-0.05, 0) is 18.3 Å². The maximum atomic E-state index is 5.60. The summed E-state index contributed by atoms with van der Waals surface area (Å²) in [6.07, 6.45) is 0. The zero-order chi connectivity index (χ0) is 9.35. The summed E-state index contributed by atoms with van der Waals surface area (Å²) in [7, 11) is 0. The molecule has 0 aromatic heterocycles. The van der Waals surface area contributed by atoms with E-state index in [1.54, 1.807) is 0 Å². The van der Waals surface area contributed by atoms with Crippen LogP contribution in [0.1, 0.15) is 27.7 Å². The van der Waals surface area contributed by atoms with Gasteiger partial charge in [0.15, 0.2) is 0 Å². The van der Waals surface area contributed by atoms with Crippen LogP contribution in [0.15, 0.2) is 0 Å². The van der Waals surface area contributed by atoms with E-state index in [2.05, 4.69) is 32.6 Å². The summed E-state index contributed by atoms with van der Waals surface area (Å²) in [5, 5.41) is 0. The Kier molecular flexibility index (Phi) is 2.79. The van der Waals surface area contributed by atoms with Crippen molar-refractivity contribution in [2.24, 2.45) is 17.1 Å². The molecule has 0 aromatic carbocycles. The van der Waals surface area contributed by atoms with Crippen molar-refractivity contribution >= 4 is 0 Å². The van der Waals surface area contributed by atoms with Crippen LogP contribution in [0, 0.1) is 11.3 Å². The molecular weight excluding hydrogens is 148 g/mol. The summed E-state index contributed by atoms with van der Waals surface area (Å²) in [5.74, 6) is 0.867. The summed E-state index contributed by atoms with van der Waals surface area (Å²) in [5.41, 5.74) is 6.07. The maximum absolute atomic E-state index is 5.60. The minimum atomic E-state index is 0.477. The minimum Gasteiger partial charge on any atom is -0.329 e. The molecule has 1 fully saturated rings. The molecule has 1 rings (SSSR count). The Morgan fingerprint density at radius 3 is 2.25 bits per heavy atom. The van der Waals surface area contributed by atoms with Gasteiger partial charge in [0, 0.05) is 25.7 Å². The Balaban J connectivity index is 2.29. The van der Waals surface area contributed by atoms with E-state index in [0.29, 0.717) is 11.5 Å². The van der Waals surface area contributed by atoms with E-state index in [9.17, 15) is 0 Å². The van der Waals surface area contributed by atoms with Gasteiger partial charge in [-0.1, -0.05) is 20.8 Å². The lowest BCUT2D eigenvalue weighted by molar-refractivity contribution is 0.000613. The van der Waals surface area contributed by atoms with Crippen LogP contribution in [-0.4, -0.2) is 30.6 Å². The number of likely N-dealkylation sites (tertiary alicyclic amines) is 1. The molecule has 2 nitrogen and oxygen atoms in total. The number of rotatable bonds is 2. The predicted octanol–water partition coefficient (Wildman–Crippen LogP) is 1.31. The van der Waals surface area contributed by atoms with Gasteiger partial charge >= 0.3 is 0 Å². The van der Waals surface area contributed by atoms with Gasteiger partial charge in [0.25, 0.3) is 0 Å². The van der Waals surface area contributed by atoms with Crippen molar-refractivity contribution in [2.45, 2.75) is 33.7 Å². The molecule has 1 atom stereocenters. The van der Waals surface area contributed by atoms with Crippen molar-refractivity contribution in [3.05, 3.63) is 0 Å². The van der Waals surface area contributed by atoms with Gasteiger partial charge in [-0.15, -0.1) is 0 Å². The first-order chi connectivity index (χ1) is 5.45. The second-order valence-electron chi connectivity index (χ2n) is 5.10. The normalized spacial score (nSPS) is 23.8. The molecule has 1 aliphatic heterocycles. The lowest BCUT2D eigenvalue weighted by Crippen LogP contribution is -2.57. The lowest BCUT2D eigenvalue weighted by Gasteiger charge is -2.48. The SMILES string of the molecule is CC(CN)N1CC(C(C)(C)C)C1. The zero-order valence-electron chi connectivity index (χ0n) is 8.80. The lowest BCUT2D eigenvalue weighted by atomic mass is 9.75. The summed E-state index contributed by atoms with van der Waals surface area (Å²) in [4.78, 5) is 2.47. The monoisotopic (exact) mass is 170 g/mol. The van der Waals surface area contributed by atoms with Gasteiger partial charge in [0.1, 0.15) is 0 Å². The first-order valence-corrected chi connectivity index (χ1v) is 4.89. The average molecular weight is 170 g/mol. The summed E-state index contributed by atoms with van der Waals surface area (Å²) in [6, 6.07) is 0.573. The molecule has 1 heterocycles. The third-order valence-electron chi connectivity index (χ3n) is 3.10. The molecule has 0 bridgehead atoms. The van der Waals surface area contributed by atoms with E-state index in [4.69, 9.17) is 5.73 Å². The topological polar surface area (TPSA) is 29.3 Å². The van der Waals surface area contributed by atoms with E-state index in [1.165, 1.54) is 13.1 Å². The Morgan fingerprint density at radius 1 is 1.42 bits per heavy atom. The van der Waals surface area contributed by atoms with Crippen molar-refractivity contribution in [1.29, 1.82) is 0 Å². The summed E-state index contributed by atoms with van der Waals surface area (Å²) >= 11 is 0. The smallest absolute Gasteiger partial charge is 0.0190 e. The second kappa shape index (κ2) is 3.35. The van der Waals surface area contributed by atoms with Crippen LogP contribution < -0.4 is 5.73 Å². The molecule has 0 amide bonds. The highest BCUT2D eigenvalue weighted by molar-refractivity contribution is 4.90. The number of nitrogens with two attached hydrogens (primary N) is 1. The molecule has 0 aliphatic carbocycles. The molecule has 1 saturated heterocycles. The zero-order valence-corrected chi connectivity index (χ0v) is 8.80. The molecular formula is C10H22N2. The molecule has 1 aliphatic rings. The standard InChI is InChI=1S/C10H22N2/c1-8(5-11)12-6-9(7-12)10(2,3)4/h8-9H,5-7,11H2,1-4H3. The molecule has 2 N–H and O–H groups in total. The van der Waals surface area contributed by atoms with E-state index in [0.717, 1.165) is 12.5 Å². The van der Waals surface area contributed by atoms with Crippen LogP contribution in [0.5, 0.6) is 0 Å². The van der Waals surface area contributed by atoms with Crippen LogP contribution in [0.25, 0.3) is 0 Å². The Labute approximate surface area is 76.1 Å². The second-order valence-corrected chi connectivity index (χ2v) is 5.10. The fourth-order valence-electron chi connectivity index (χ4n) is 1.57. The summed E-state index contributed by atoms with van der Waals surface area (Å²) in [6.45, 7) is 12.4. The quantitative estimate of drug-likeness (QED) is 0.677. The van der Waals surface area contributed by atoms with Crippen molar-refractivity contribution in [1.82, 2.24) is 4.90 Å². The highest BCUT2D eigenvalue weighted by Gasteiger charge is 2.37. The molecule has 1 unspecified atom stereocenters. The third kappa shape index (κ3) is 1.99. The van der Waals surface area contributed by atoms with E-state index in [1.807, 2.05) is 0 Å². The maximum Gasteiger partial charge on any atom is 0.0190 e. The van der Waals surface area contributed by atoms with Crippen molar-refractivity contribution in [2.75, 3.05) is 19.6 Å². The Hall–Kier alpha value is -0.0800. The molecule has 2 heteroatoms. The van der Waals surface area contributed by atoms with Gasteiger partial charge in [0.2, 0.25) is 0 Å². The summed E-state index contributed by atoms with van der Waals surface area (Å²) < 4.78 is 0. The fourth-order valence-corrected chi connectivity index (χ4v) is 1.57. The molecule has 0 saturated carbocycles. The Morgan fingerprint density at radius 2 is 1.92 bits per heavy atom. The largest absolute Gasteiger partial charge is 0.329 e. The molecule has 12 heavy (non-hydrogen) atoms. The van der Waals surface area contributed by atoms with Gasteiger partial charge < -0.3 is 5.73 Å². The first kappa shape index (κ1) is 10.0. The predicted molar refractivity (Wildman–Crippen MR) is 53.0 cm³/mol. The van der Waals surface area contributed by atoms with Gasteiger partial charge in [-0.2, -0.15) is 0 Å². The van der Waals surface area contributed by atoms with Crippen LogP contribution in [0.4, 0.5) is 0 Å². The van der Waals surface area contributed by atoms with E-state index < -0.39 is 0 Å². The number of hydrogen-bond donors (Lipinski definition) is 1. The Bertz CT molecular complexity index is 142. The van der Waals surface area contributed by atoms with Crippen molar-refractivity contribution in [3.63, 3.8) is 0 Å². The van der Waals surface area contributed by atoms with Crippen LogP contribution in [0.3, 0.4) is 0 Å². The van der Waals surface area contributed by atoms with Crippen LogP contribution >= 0.6 is 0 Å². The van der Waals surface area contributed by atoms with Gasteiger partial charge in [-0.3, -0.25) is 4.90 Å². The molecule has 0 aromatic rings. The number of hydrogen-bond acceptors (Lipinski definition) is 2. The van der Waals surface area contributed by atoms with Gasteiger partial charge in [-0.25, -0.2) is 0 Å². The fraction of sp³-hybridized carbons (Fsp3) is 1.00. The van der Waals surface area contributed by atoms with Crippen molar-refractivity contribution in [3.8, 4) is 0 Å². The highest BCUT2D eigenvalue weighted by Crippen LogP contribution is 2.34. The van der Waals surface area contributed by atoms with Crippen LogP contribution in [0.2, 0.25) is 0 Å². The van der Waals surface area contributed by atoms with Gasteiger partial charge in [0.05, 0.1) is 0 Å². The number of nitrogens with zero attached hydrogens (tertiary/aromatic N) is 1. The van der Waals surface area contributed by atoms with E-state index in [-0.39, 0.29) is 0 Å². The van der Waals surface area contributed by atoms with Crippen LogP contribution in [-0.2, 0) is 0 Å². The molecule has 72 valence electrons. The molecule has 0 spiro atoms. The third-order valence-corrected chi connectivity index (χ3v) is 3.10. The van der Waals surface area contributed by atoms with Crippen molar-refractivity contribution < 1.29 is 0 Å². The average Bonchev–Trinajstić information content (AvgIpc) is 1.80. The van der Waals surface area contributed by atoms with E-state index >= 15 is 0 Å². The molecule has 0 radical (unpaired) electrons.